The summed E-state index contributed by atoms with van der Waals surface area (Å²) in [5.74, 6) is -2.07. The highest BCUT2D eigenvalue weighted by Crippen LogP contribution is 2.32. The van der Waals surface area contributed by atoms with E-state index >= 15 is 0 Å². The molecule has 4 rings (SSSR count). The fraction of sp³-hybridized carbons (Fsp3) is 0.622. The fourth-order valence-corrected chi connectivity index (χ4v) is 6.40. The van der Waals surface area contributed by atoms with Gasteiger partial charge in [-0.2, -0.15) is 0 Å². The number of imide groups is 2. The van der Waals surface area contributed by atoms with Crippen molar-refractivity contribution in [1.29, 1.82) is 0 Å². The van der Waals surface area contributed by atoms with Crippen LogP contribution in [0.4, 0.5) is 11.4 Å². The van der Waals surface area contributed by atoms with E-state index in [-0.39, 0.29) is 42.0 Å². The number of hydrogen-bond donors (Lipinski definition) is 3. The number of rotatable bonds is 39. The van der Waals surface area contributed by atoms with Crippen molar-refractivity contribution in [1.82, 2.24) is 10.2 Å². The highest BCUT2D eigenvalue weighted by Gasteiger charge is 2.45. The van der Waals surface area contributed by atoms with Gasteiger partial charge in [-0.15, -0.1) is 0 Å². The summed E-state index contributed by atoms with van der Waals surface area (Å²) in [6.45, 7) is 9.77. The first-order chi connectivity index (χ1) is 31.9. The third kappa shape index (κ3) is 21.1. The van der Waals surface area contributed by atoms with Crippen LogP contribution in [0.1, 0.15) is 59.2 Å². The standard InChI is InChI=1S/C45H66N4O16/c46-36-8-3-4-10-39(36)65-34-33-64-32-31-63-30-29-62-28-27-61-26-25-60-24-23-59-22-21-58-20-19-57-18-17-56-16-15-55-14-5-1-2-11-40(50)47-37-9-6-7-35-42(37)45(54)49(44(35)53)38-12-13-41(51)48-43(38)52/h3-4,6-10,38H,1-2,5,11-34,46H2,(H,47,50)(H,48,51,52). The predicted octanol–water partition coefficient (Wildman–Crippen LogP) is 2.41. The van der Waals surface area contributed by atoms with Gasteiger partial charge in [-0.3, -0.25) is 34.2 Å². The number of benzene rings is 2. The molecule has 1 fully saturated rings. The van der Waals surface area contributed by atoms with Crippen molar-refractivity contribution in [3.05, 3.63) is 53.6 Å². The molecule has 2 aromatic rings. The predicted molar refractivity (Wildman–Crippen MR) is 235 cm³/mol. The summed E-state index contributed by atoms with van der Waals surface area (Å²) < 4.78 is 60.7. The molecule has 5 amide bonds. The Kier molecular flexibility index (Phi) is 26.9. The summed E-state index contributed by atoms with van der Waals surface area (Å²) in [6.07, 6.45) is 2.43. The van der Waals surface area contributed by atoms with E-state index in [0.717, 1.165) is 17.7 Å². The van der Waals surface area contributed by atoms with Crippen LogP contribution in [0.2, 0.25) is 0 Å². The number of anilines is 2. The number of hydrogen-bond acceptors (Lipinski definition) is 17. The minimum Gasteiger partial charge on any atom is -0.489 e. The lowest BCUT2D eigenvalue weighted by Gasteiger charge is -2.27. The second-order valence-corrected chi connectivity index (χ2v) is 14.5. The van der Waals surface area contributed by atoms with Gasteiger partial charge in [0.1, 0.15) is 18.4 Å². The Balaban J connectivity index is 0.809. The van der Waals surface area contributed by atoms with Gasteiger partial charge in [0, 0.05) is 19.4 Å². The van der Waals surface area contributed by atoms with Crippen LogP contribution in [0.25, 0.3) is 0 Å². The second kappa shape index (κ2) is 33.0. The molecular formula is C45H66N4O16. The number of piperidine rings is 1. The zero-order chi connectivity index (χ0) is 46.2. The first-order valence-corrected chi connectivity index (χ1v) is 22.3. The quantitative estimate of drug-likeness (QED) is 0.0496. The number of ether oxygens (including phenoxy) is 11. The first-order valence-electron chi connectivity index (χ1n) is 22.3. The number of amides is 5. The Morgan fingerprint density at radius 3 is 1.54 bits per heavy atom. The molecule has 0 spiro atoms. The van der Waals surface area contributed by atoms with Crippen molar-refractivity contribution in [3.8, 4) is 5.75 Å². The molecule has 0 aliphatic carbocycles. The number of unbranched alkanes of at least 4 members (excludes halogenated alkanes) is 2. The molecule has 0 aromatic heterocycles. The van der Waals surface area contributed by atoms with Gasteiger partial charge in [0.15, 0.2) is 0 Å². The molecule has 2 aliphatic rings. The van der Waals surface area contributed by atoms with Crippen LogP contribution in [0.5, 0.6) is 5.75 Å². The summed E-state index contributed by atoms with van der Waals surface area (Å²) >= 11 is 0. The number of fused-ring (bicyclic) bond motifs is 1. The highest BCUT2D eigenvalue weighted by atomic mass is 16.6. The average molecular weight is 919 g/mol. The lowest BCUT2D eigenvalue weighted by atomic mass is 10.0. The average Bonchev–Trinajstić information content (AvgIpc) is 3.55. The van der Waals surface area contributed by atoms with Gasteiger partial charge in [0.2, 0.25) is 17.7 Å². The van der Waals surface area contributed by atoms with E-state index < -0.39 is 29.7 Å². The van der Waals surface area contributed by atoms with Gasteiger partial charge >= 0.3 is 0 Å². The van der Waals surface area contributed by atoms with Gasteiger partial charge in [0.25, 0.3) is 11.8 Å². The maximum absolute atomic E-state index is 13.2. The summed E-state index contributed by atoms with van der Waals surface area (Å²) in [5.41, 5.74) is 6.81. The molecule has 0 saturated carbocycles. The number of nitrogens with one attached hydrogen (secondary N) is 2. The molecule has 4 N–H and O–H groups in total. The first kappa shape index (κ1) is 53.0. The smallest absolute Gasteiger partial charge is 0.264 e. The van der Waals surface area contributed by atoms with E-state index in [1.54, 1.807) is 18.2 Å². The summed E-state index contributed by atoms with van der Waals surface area (Å²) in [7, 11) is 0. The molecule has 362 valence electrons. The van der Waals surface area contributed by atoms with Gasteiger partial charge in [-0.1, -0.05) is 24.6 Å². The Morgan fingerprint density at radius 1 is 0.569 bits per heavy atom. The van der Waals surface area contributed by atoms with Gasteiger partial charge in [-0.05, 0) is 43.5 Å². The van der Waals surface area contributed by atoms with Gasteiger partial charge < -0.3 is 63.2 Å². The van der Waals surface area contributed by atoms with Gasteiger partial charge in [-0.25, -0.2) is 0 Å². The normalized spacial score (nSPS) is 14.8. The lowest BCUT2D eigenvalue weighted by molar-refractivity contribution is -0.136. The van der Waals surface area contributed by atoms with Gasteiger partial charge in [0.05, 0.1) is 148 Å². The Hall–Kier alpha value is -4.61. The third-order valence-electron chi connectivity index (χ3n) is 9.69. The van der Waals surface area contributed by atoms with E-state index in [9.17, 15) is 24.0 Å². The van der Waals surface area contributed by atoms with Crippen LogP contribution in [-0.4, -0.2) is 179 Å². The van der Waals surface area contributed by atoms with Crippen LogP contribution in [0.15, 0.2) is 42.5 Å². The third-order valence-corrected chi connectivity index (χ3v) is 9.69. The molecular weight excluding hydrogens is 853 g/mol. The molecule has 1 atom stereocenters. The molecule has 1 saturated heterocycles. The molecule has 2 aromatic carbocycles. The van der Waals surface area contributed by atoms with E-state index in [1.807, 2.05) is 18.2 Å². The molecule has 0 bridgehead atoms. The molecule has 1 unspecified atom stereocenters. The van der Waals surface area contributed by atoms with Crippen LogP contribution < -0.4 is 21.1 Å². The second-order valence-electron chi connectivity index (χ2n) is 14.5. The van der Waals surface area contributed by atoms with Crippen molar-refractivity contribution in [3.63, 3.8) is 0 Å². The van der Waals surface area contributed by atoms with E-state index in [0.29, 0.717) is 157 Å². The van der Waals surface area contributed by atoms with Crippen molar-refractivity contribution in [2.24, 2.45) is 0 Å². The number of carbonyl (C=O) groups excluding carboxylic acids is 5. The minimum atomic E-state index is -1.08. The van der Waals surface area contributed by atoms with Crippen molar-refractivity contribution in [2.75, 3.05) is 150 Å². The largest absolute Gasteiger partial charge is 0.489 e. The summed E-state index contributed by atoms with van der Waals surface area (Å²) in [6, 6.07) is 10.9. The number of carbonyl (C=O) groups is 5. The van der Waals surface area contributed by atoms with E-state index in [4.69, 9.17) is 57.8 Å². The van der Waals surface area contributed by atoms with Crippen LogP contribution in [0, 0.1) is 0 Å². The van der Waals surface area contributed by atoms with Crippen molar-refractivity contribution < 1.29 is 76.1 Å². The van der Waals surface area contributed by atoms with E-state index in [2.05, 4.69) is 10.6 Å². The Bertz CT molecular complexity index is 1720. The molecule has 20 nitrogen and oxygen atoms in total. The summed E-state index contributed by atoms with van der Waals surface area (Å²) in [5, 5.41) is 4.91. The maximum atomic E-state index is 13.2. The molecule has 20 heteroatoms. The molecule has 0 radical (unpaired) electrons. The Morgan fingerprint density at radius 2 is 1.05 bits per heavy atom. The van der Waals surface area contributed by atoms with Crippen LogP contribution in [0.3, 0.4) is 0 Å². The monoisotopic (exact) mass is 918 g/mol. The number of para-hydroxylation sites is 2. The Labute approximate surface area is 380 Å². The number of nitrogens with two attached hydrogens (primary N) is 1. The molecule has 65 heavy (non-hydrogen) atoms. The number of nitrogen functional groups attached to an aromatic ring is 1. The van der Waals surface area contributed by atoms with Crippen LogP contribution in [-0.2, 0) is 61.8 Å². The lowest BCUT2D eigenvalue weighted by Crippen LogP contribution is -2.54. The minimum absolute atomic E-state index is 0.0259. The van der Waals surface area contributed by atoms with Crippen molar-refractivity contribution >= 4 is 40.9 Å². The van der Waals surface area contributed by atoms with E-state index in [1.165, 1.54) is 6.07 Å². The zero-order valence-electron chi connectivity index (χ0n) is 37.3. The highest BCUT2D eigenvalue weighted by molar-refractivity contribution is 6.26. The number of nitrogens with zero attached hydrogens (tertiary/aromatic N) is 1. The van der Waals surface area contributed by atoms with Crippen molar-refractivity contribution in [2.45, 2.75) is 44.6 Å². The molecule has 2 aliphatic heterocycles. The zero-order valence-corrected chi connectivity index (χ0v) is 37.3. The molecule has 2 heterocycles. The summed E-state index contributed by atoms with van der Waals surface area (Å²) in [4.78, 5) is 63.6. The maximum Gasteiger partial charge on any atom is 0.264 e. The topological polar surface area (TPSA) is 240 Å². The fourth-order valence-electron chi connectivity index (χ4n) is 6.40. The van der Waals surface area contributed by atoms with Crippen LogP contribution >= 0.6 is 0 Å². The SMILES string of the molecule is Nc1ccccc1OCCOCCOCCOCCOCCOCCOCCOCCOCCOCCOCCCCCC(=O)Nc1cccc2c1C(=O)N(C1CCC(=O)NC1=O)C2=O.